The van der Waals surface area contributed by atoms with Crippen LogP contribution in [0, 0.1) is 0 Å². The smallest absolute Gasteiger partial charge is 0.251 e. The van der Waals surface area contributed by atoms with Crippen molar-refractivity contribution in [2.45, 2.75) is 32.0 Å². The fourth-order valence-corrected chi connectivity index (χ4v) is 4.57. The molecule has 0 aliphatic carbocycles. The lowest BCUT2D eigenvalue weighted by atomic mass is 9.87. The Kier molecular flexibility index (Phi) is 6.76. The van der Waals surface area contributed by atoms with E-state index in [-0.39, 0.29) is 18.0 Å². The van der Waals surface area contributed by atoms with Gasteiger partial charge in [0.1, 0.15) is 0 Å². The molecule has 3 aromatic carbocycles. The zero-order chi connectivity index (χ0) is 22.5. The highest BCUT2D eigenvalue weighted by Crippen LogP contribution is 2.40. The molecule has 5 nitrogen and oxygen atoms in total. The minimum Gasteiger partial charge on any atom is -0.493 e. The minimum absolute atomic E-state index is 0.00595. The van der Waals surface area contributed by atoms with Crippen LogP contribution in [0.25, 0.3) is 0 Å². The van der Waals surface area contributed by atoms with Crippen molar-refractivity contribution in [1.82, 2.24) is 10.2 Å². The van der Waals surface area contributed by atoms with Gasteiger partial charge in [-0.2, -0.15) is 0 Å². The van der Waals surface area contributed by atoms with Crippen LogP contribution >= 0.6 is 0 Å². The summed E-state index contributed by atoms with van der Waals surface area (Å²) in [5.74, 6) is 1.38. The fraction of sp³-hybridized carbons (Fsp3) is 0.296. The van der Waals surface area contributed by atoms with Crippen LogP contribution in [-0.2, 0) is 13.0 Å². The molecule has 32 heavy (non-hydrogen) atoms. The van der Waals surface area contributed by atoms with Crippen molar-refractivity contribution >= 4 is 5.91 Å². The lowest BCUT2D eigenvalue weighted by Crippen LogP contribution is -2.47. The van der Waals surface area contributed by atoms with Crippen molar-refractivity contribution in [2.75, 3.05) is 20.8 Å². The third-order valence-corrected chi connectivity index (χ3v) is 6.12. The predicted molar refractivity (Wildman–Crippen MR) is 126 cm³/mol. The van der Waals surface area contributed by atoms with Crippen LogP contribution in [0.3, 0.4) is 0 Å². The van der Waals surface area contributed by atoms with E-state index >= 15 is 0 Å². The molecule has 2 atom stereocenters. The number of hydrogen-bond donors (Lipinski definition) is 1. The van der Waals surface area contributed by atoms with Crippen molar-refractivity contribution in [2.24, 2.45) is 0 Å². The van der Waals surface area contributed by atoms with Gasteiger partial charge in [0.2, 0.25) is 0 Å². The van der Waals surface area contributed by atoms with Gasteiger partial charge < -0.3 is 14.8 Å². The van der Waals surface area contributed by atoms with E-state index in [4.69, 9.17) is 9.47 Å². The molecule has 1 N–H and O–H groups in total. The molecule has 4 rings (SSSR count). The Labute approximate surface area is 190 Å². The van der Waals surface area contributed by atoms with Crippen molar-refractivity contribution < 1.29 is 14.3 Å². The molecule has 1 heterocycles. The van der Waals surface area contributed by atoms with E-state index in [0.717, 1.165) is 25.3 Å². The van der Waals surface area contributed by atoms with Gasteiger partial charge in [-0.05, 0) is 54.3 Å². The second-order valence-electron chi connectivity index (χ2n) is 8.19. The van der Waals surface area contributed by atoms with Gasteiger partial charge in [-0.15, -0.1) is 0 Å². The van der Waals surface area contributed by atoms with E-state index in [1.165, 1.54) is 16.7 Å². The van der Waals surface area contributed by atoms with Crippen LogP contribution in [0.1, 0.15) is 40.0 Å². The molecule has 0 aromatic heterocycles. The minimum atomic E-state index is -0.108. The lowest BCUT2D eigenvalue weighted by molar-refractivity contribution is 0.0877. The number of nitrogens with zero attached hydrogens (tertiary/aromatic N) is 1. The maximum Gasteiger partial charge on any atom is 0.251 e. The Morgan fingerprint density at radius 2 is 1.62 bits per heavy atom. The van der Waals surface area contributed by atoms with Crippen molar-refractivity contribution in [3.8, 4) is 11.5 Å². The standard InChI is InChI=1S/C27H30N2O3/c1-19(28-27(30)21-12-8-5-9-13-21)26-23-17-25(32-3)24(31-2)16-22(23)14-15-29(26)18-20-10-6-4-7-11-20/h4-13,16-17,19,26H,14-15,18H2,1-3H3,(H,28,30)/t19-,26-/m1/s1. The number of carbonyl (C=O) groups excluding carboxylic acids is 1. The molecule has 166 valence electrons. The van der Waals surface area contributed by atoms with Gasteiger partial charge in [-0.1, -0.05) is 48.5 Å². The molecule has 3 aromatic rings. The third kappa shape index (κ3) is 4.63. The van der Waals surface area contributed by atoms with Gasteiger partial charge in [0.25, 0.3) is 5.91 Å². The van der Waals surface area contributed by atoms with Gasteiger partial charge in [0, 0.05) is 24.7 Å². The first kappa shape index (κ1) is 21.9. The molecule has 0 saturated carbocycles. The molecule has 0 radical (unpaired) electrons. The summed E-state index contributed by atoms with van der Waals surface area (Å²) < 4.78 is 11.1. The van der Waals surface area contributed by atoms with E-state index in [9.17, 15) is 4.79 Å². The zero-order valence-electron chi connectivity index (χ0n) is 18.9. The van der Waals surface area contributed by atoms with Gasteiger partial charge in [0.15, 0.2) is 11.5 Å². The van der Waals surface area contributed by atoms with Crippen LogP contribution < -0.4 is 14.8 Å². The monoisotopic (exact) mass is 430 g/mol. The molecular weight excluding hydrogens is 400 g/mol. The maximum absolute atomic E-state index is 12.9. The Hall–Kier alpha value is -3.31. The summed E-state index contributed by atoms with van der Waals surface area (Å²) in [6, 6.07) is 23.9. The third-order valence-electron chi connectivity index (χ3n) is 6.12. The largest absolute Gasteiger partial charge is 0.493 e. The van der Waals surface area contributed by atoms with E-state index in [2.05, 4.69) is 53.5 Å². The second-order valence-corrected chi connectivity index (χ2v) is 8.19. The van der Waals surface area contributed by atoms with Crippen molar-refractivity contribution in [3.05, 3.63) is 95.1 Å². The molecular formula is C27H30N2O3. The molecule has 1 aliphatic heterocycles. The number of fused-ring (bicyclic) bond motifs is 1. The van der Waals surface area contributed by atoms with Crippen LogP contribution in [0.4, 0.5) is 0 Å². The van der Waals surface area contributed by atoms with Crippen molar-refractivity contribution in [3.63, 3.8) is 0 Å². The Bertz CT molecular complexity index is 1050. The molecule has 0 fully saturated rings. The topological polar surface area (TPSA) is 50.8 Å². The number of carbonyl (C=O) groups is 1. The Morgan fingerprint density at radius 3 is 2.28 bits per heavy atom. The van der Waals surface area contributed by atoms with E-state index in [1.807, 2.05) is 36.4 Å². The summed E-state index contributed by atoms with van der Waals surface area (Å²) in [6.07, 6.45) is 0.915. The number of nitrogens with one attached hydrogen (secondary N) is 1. The number of amides is 1. The van der Waals surface area contributed by atoms with E-state index in [0.29, 0.717) is 11.3 Å². The highest BCUT2D eigenvalue weighted by molar-refractivity contribution is 5.94. The van der Waals surface area contributed by atoms with Crippen LogP contribution in [0.2, 0.25) is 0 Å². The molecule has 1 amide bonds. The summed E-state index contributed by atoms with van der Waals surface area (Å²) in [4.78, 5) is 15.4. The highest BCUT2D eigenvalue weighted by Gasteiger charge is 2.33. The van der Waals surface area contributed by atoms with Crippen LogP contribution in [0.5, 0.6) is 11.5 Å². The summed E-state index contributed by atoms with van der Waals surface area (Å²) >= 11 is 0. The summed E-state index contributed by atoms with van der Waals surface area (Å²) in [5, 5.41) is 3.24. The Morgan fingerprint density at radius 1 is 1.00 bits per heavy atom. The molecule has 0 bridgehead atoms. The summed E-state index contributed by atoms with van der Waals surface area (Å²) in [7, 11) is 3.32. The quantitative estimate of drug-likeness (QED) is 0.594. The van der Waals surface area contributed by atoms with Crippen LogP contribution in [0.15, 0.2) is 72.8 Å². The average molecular weight is 431 g/mol. The first-order valence-electron chi connectivity index (χ1n) is 11.0. The number of hydrogen-bond acceptors (Lipinski definition) is 4. The summed E-state index contributed by atoms with van der Waals surface area (Å²) in [6.45, 7) is 3.79. The second kappa shape index (κ2) is 9.88. The molecule has 0 unspecified atom stereocenters. The molecule has 0 spiro atoms. The van der Waals surface area contributed by atoms with E-state index < -0.39 is 0 Å². The first-order valence-corrected chi connectivity index (χ1v) is 11.0. The fourth-order valence-electron chi connectivity index (χ4n) is 4.57. The zero-order valence-corrected chi connectivity index (χ0v) is 18.9. The molecule has 5 heteroatoms. The normalized spacial score (nSPS) is 16.7. The number of benzene rings is 3. The summed E-state index contributed by atoms with van der Waals surface area (Å²) in [5.41, 5.74) is 4.32. The average Bonchev–Trinajstić information content (AvgIpc) is 2.84. The van der Waals surface area contributed by atoms with Gasteiger partial charge in [-0.25, -0.2) is 0 Å². The molecule has 0 saturated heterocycles. The maximum atomic E-state index is 12.9. The predicted octanol–water partition coefficient (Wildman–Crippen LogP) is 4.62. The Balaban J connectivity index is 1.68. The van der Waals surface area contributed by atoms with Crippen molar-refractivity contribution in [1.29, 1.82) is 0 Å². The SMILES string of the molecule is COc1cc2c(cc1OC)[C@@H]([C@@H](C)NC(=O)c1ccccc1)N(Cc1ccccc1)CC2. The molecule has 1 aliphatic rings. The van der Waals surface area contributed by atoms with Gasteiger partial charge in [-0.3, -0.25) is 9.69 Å². The number of ether oxygens (including phenoxy) is 2. The first-order chi connectivity index (χ1) is 15.6. The van der Waals surface area contributed by atoms with E-state index in [1.54, 1.807) is 14.2 Å². The lowest BCUT2D eigenvalue weighted by Gasteiger charge is -2.41. The number of methoxy groups -OCH3 is 2. The number of rotatable bonds is 7. The van der Waals surface area contributed by atoms with Gasteiger partial charge in [0.05, 0.1) is 20.3 Å². The van der Waals surface area contributed by atoms with Crippen LogP contribution in [-0.4, -0.2) is 37.6 Å². The van der Waals surface area contributed by atoms with Gasteiger partial charge >= 0.3 is 0 Å². The highest BCUT2D eigenvalue weighted by atomic mass is 16.5.